The molecule has 122 valence electrons. The Morgan fingerprint density at radius 2 is 1.95 bits per heavy atom. The third-order valence-corrected chi connectivity index (χ3v) is 1.78. The van der Waals surface area contributed by atoms with E-state index in [1.54, 1.807) is 14.0 Å². The van der Waals surface area contributed by atoms with E-state index in [0.717, 1.165) is 0 Å². The normalized spacial score (nSPS) is 8.50. The van der Waals surface area contributed by atoms with Gasteiger partial charge in [-0.05, 0) is 13.8 Å². The van der Waals surface area contributed by atoms with Crippen molar-refractivity contribution in [3.63, 3.8) is 0 Å². The van der Waals surface area contributed by atoms with E-state index in [0.29, 0.717) is 12.3 Å². The largest absolute Gasteiger partial charge is 0.378 e. The highest BCUT2D eigenvalue weighted by atomic mass is 16.5. The SMILES string of the molecule is C#CC.COCC(=O)CC(C)=O.COCc1cc(=O)[nH]cn1. The van der Waals surface area contributed by atoms with E-state index >= 15 is 0 Å². The van der Waals surface area contributed by atoms with Gasteiger partial charge in [0, 0.05) is 20.3 Å². The minimum atomic E-state index is -0.162. The number of methoxy groups -OCH3 is 2. The Balaban J connectivity index is 0. The molecule has 1 aromatic heterocycles. The van der Waals surface area contributed by atoms with Gasteiger partial charge in [0.05, 0.1) is 25.0 Å². The van der Waals surface area contributed by atoms with Crippen LogP contribution < -0.4 is 5.56 Å². The summed E-state index contributed by atoms with van der Waals surface area (Å²) < 4.78 is 9.27. The van der Waals surface area contributed by atoms with Crippen LogP contribution in [0.15, 0.2) is 17.2 Å². The molecular weight excluding hydrogens is 288 g/mol. The Kier molecular flexibility index (Phi) is 15.1. The quantitative estimate of drug-likeness (QED) is 0.614. The van der Waals surface area contributed by atoms with Crippen LogP contribution in [0.5, 0.6) is 0 Å². The van der Waals surface area contributed by atoms with Crippen LogP contribution in [-0.4, -0.2) is 42.4 Å². The summed E-state index contributed by atoms with van der Waals surface area (Å²) in [4.78, 5) is 37.6. The number of hydrogen-bond acceptors (Lipinski definition) is 6. The first-order valence-electron chi connectivity index (χ1n) is 6.31. The van der Waals surface area contributed by atoms with Crippen LogP contribution in [0.2, 0.25) is 0 Å². The number of H-pyrrole nitrogens is 1. The molecule has 0 aliphatic rings. The van der Waals surface area contributed by atoms with Gasteiger partial charge in [0.25, 0.3) is 5.56 Å². The van der Waals surface area contributed by atoms with Crippen LogP contribution in [0.4, 0.5) is 0 Å². The number of nitrogens with one attached hydrogen (secondary N) is 1. The molecule has 0 amide bonds. The van der Waals surface area contributed by atoms with Crippen molar-refractivity contribution in [2.75, 3.05) is 20.8 Å². The Morgan fingerprint density at radius 1 is 1.36 bits per heavy atom. The highest BCUT2D eigenvalue weighted by molar-refractivity contribution is 5.98. The Hall–Kier alpha value is -2.30. The molecule has 1 rings (SSSR count). The molecular formula is C15H22N2O5. The Labute approximate surface area is 130 Å². The van der Waals surface area contributed by atoms with Crippen molar-refractivity contribution in [1.29, 1.82) is 0 Å². The van der Waals surface area contributed by atoms with Gasteiger partial charge in [0.1, 0.15) is 12.4 Å². The number of carbonyl (C=O) groups excluding carboxylic acids is 2. The Bertz CT molecular complexity index is 531. The van der Waals surface area contributed by atoms with E-state index in [2.05, 4.69) is 27.0 Å². The standard InChI is InChI=1S/C6H8N2O2.C6H10O3.C3H4/c1-10-3-5-2-6(9)8-4-7-5;1-5(7)3-6(8)4-9-2;1-3-2/h2,4H,3H2,1H3,(H,7,8,9);3-4H2,1-2H3;1H,2H3. The van der Waals surface area contributed by atoms with Crippen molar-refractivity contribution >= 4 is 11.6 Å². The highest BCUT2D eigenvalue weighted by Gasteiger charge is 2.02. The molecule has 0 atom stereocenters. The summed E-state index contributed by atoms with van der Waals surface area (Å²) in [5, 5.41) is 0. The second-order valence-electron chi connectivity index (χ2n) is 3.97. The molecule has 0 saturated carbocycles. The first-order valence-corrected chi connectivity index (χ1v) is 6.31. The number of aromatic nitrogens is 2. The molecule has 0 bridgehead atoms. The molecule has 7 nitrogen and oxygen atoms in total. The maximum atomic E-state index is 10.6. The monoisotopic (exact) mass is 310 g/mol. The number of hydrogen-bond donors (Lipinski definition) is 1. The number of Topliss-reactive ketones (excluding diaryl/α,β-unsaturated/α-hetero) is 2. The highest BCUT2D eigenvalue weighted by Crippen LogP contribution is 1.87. The second kappa shape index (κ2) is 15.1. The average Bonchev–Trinajstić information content (AvgIpc) is 2.40. The molecule has 0 fully saturated rings. The van der Waals surface area contributed by atoms with Gasteiger partial charge in [0.2, 0.25) is 0 Å². The van der Waals surface area contributed by atoms with Gasteiger partial charge < -0.3 is 14.5 Å². The van der Waals surface area contributed by atoms with Crippen molar-refractivity contribution in [2.24, 2.45) is 0 Å². The fourth-order valence-electron chi connectivity index (χ4n) is 1.13. The third-order valence-electron chi connectivity index (χ3n) is 1.78. The van der Waals surface area contributed by atoms with Crippen molar-refractivity contribution in [3.05, 3.63) is 28.4 Å². The van der Waals surface area contributed by atoms with Crippen LogP contribution in [0.3, 0.4) is 0 Å². The first-order chi connectivity index (χ1) is 10.4. The topological polar surface area (TPSA) is 98.4 Å². The van der Waals surface area contributed by atoms with E-state index in [-0.39, 0.29) is 30.2 Å². The maximum Gasteiger partial charge on any atom is 0.250 e. The molecule has 1 N–H and O–H groups in total. The molecule has 0 radical (unpaired) electrons. The molecule has 0 unspecified atom stereocenters. The molecule has 1 aromatic rings. The maximum absolute atomic E-state index is 10.6. The molecule has 0 saturated heterocycles. The predicted molar refractivity (Wildman–Crippen MR) is 82.3 cm³/mol. The zero-order valence-electron chi connectivity index (χ0n) is 13.3. The van der Waals surface area contributed by atoms with Crippen molar-refractivity contribution in [1.82, 2.24) is 9.97 Å². The zero-order chi connectivity index (χ0) is 17.4. The molecule has 0 aliphatic heterocycles. The number of terminal acetylenes is 1. The molecule has 1 heterocycles. The number of ether oxygens (including phenoxy) is 2. The lowest BCUT2D eigenvalue weighted by molar-refractivity contribution is -0.128. The van der Waals surface area contributed by atoms with E-state index in [1.807, 2.05) is 0 Å². The Morgan fingerprint density at radius 3 is 2.36 bits per heavy atom. The van der Waals surface area contributed by atoms with Crippen LogP contribution in [-0.2, 0) is 25.7 Å². The summed E-state index contributed by atoms with van der Waals surface area (Å²) in [6.07, 6.45) is 5.95. The summed E-state index contributed by atoms with van der Waals surface area (Å²) in [7, 11) is 2.99. The second-order valence-corrected chi connectivity index (χ2v) is 3.97. The number of nitrogens with zero attached hydrogens (tertiary/aromatic N) is 1. The first kappa shape index (κ1) is 22.0. The fraction of sp³-hybridized carbons (Fsp3) is 0.467. The smallest absolute Gasteiger partial charge is 0.250 e. The lowest BCUT2D eigenvalue weighted by atomic mass is 10.2. The van der Waals surface area contributed by atoms with Crippen LogP contribution >= 0.6 is 0 Å². The summed E-state index contributed by atoms with van der Waals surface area (Å²) >= 11 is 0. The number of carbonyl (C=O) groups is 2. The zero-order valence-corrected chi connectivity index (χ0v) is 13.3. The van der Waals surface area contributed by atoms with Gasteiger partial charge in [0.15, 0.2) is 5.78 Å². The van der Waals surface area contributed by atoms with Gasteiger partial charge in [-0.15, -0.1) is 12.3 Å². The summed E-state index contributed by atoms with van der Waals surface area (Å²) in [5.74, 6) is 1.97. The van der Waals surface area contributed by atoms with E-state index in [1.165, 1.54) is 26.4 Å². The number of aromatic amines is 1. The third kappa shape index (κ3) is 15.8. The number of rotatable bonds is 6. The molecule has 22 heavy (non-hydrogen) atoms. The van der Waals surface area contributed by atoms with Crippen LogP contribution in [0, 0.1) is 12.3 Å². The predicted octanol–water partition coefficient (Wildman–Crippen LogP) is 0.737. The van der Waals surface area contributed by atoms with Crippen molar-refractivity contribution in [2.45, 2.75) is 26.9 Å². The van der Waals surface area contributed by atoms with Gasteiger partial charge in [-0.25, -0.2) is 4.98 Å². The molecule has 0 aromatic carbocycles. The van der Waals surface area contributed by atoms with Crippen molar-refractivity contribution in [3.8, 4) is 12.3 Å². The van der Waals surface area contributed by atoms with Crippen LogP contribution in [0.25, 0.3) is 0 Å². The van der Waals surface area contributed by atoms with E-state index in [4.69, 9.17) is 4.74 Å². The van der Waals surface area contributed by atoms with E-state index < -0.39 is 0 Å². The van der Waals surface area contributed by atoms with E-state index in [9.17, 15) is 14.4 Å². The van der Waals surface area contributed by atoms with Crippen molar-refractivity contribution < 1.29 is 19.1 Å². The van der Waals surface area contributed by atoms with Gasteiger partial charge in [-0.1, -0.05) is 0 Å². The average molecular weight is 310 g/mol. The lowest BCUT2D eigenvalue weighted by Gasteiger charge is -1.94. The molecule has 0 spiro atoms. The van der Waals surface area contributed by atoms with Gasteiger partial charge >= 0.3 is 0 Å². The lowest BCUT2D eigenvalue weighted by Crippen LogP contribution is -2.10. The minimum Gasteiger partial charge on any atom is -0.378 e. The van der Waals surface area contributed by atoms with Gasteiger partial charge in [-0.3, -0.25) is 14.4 Å². The summed E-state index contributed by atoms with van der Waals surface area (Å²) in [6, 6.07) is 1.41. The van der Waals surface area contributed by atoms with Gasteiger partial charge in [-0.2, -0.15) is 0 Å². The summed E-state index contributed by atoms with van der Waals surface area (Å²) in [5.41, 5.74) is 0.494. The molecule has 7 heteroatoms. The van der Waals surface area contributed by atoms with Crippen LogP contribution in [0.1, 0.15) is 26.0 Å². The molecule has 0 aliphatic carbocycles. The number of ketones is 2. The minimum absolute atomic E-state index is 0.00611. The fourth-order valence-corrected chi connectivity index (χ4v) is 1.13. The summed E-state index contributed by atoms with van der Waals surface area (Å²) in [6.45, 7) is 3.46.